The largest absolute Gasteiger partial charge is 0.454 e. The third-order valence-corrected chi connectivity index (χ3v) is 7.71. The zero-order valence-electron chi connectivity index (χ0n) is 18.4. The second kappa shape index (κ2) is 9.45. The molecule has 0 radical (unpaired) electrons. The summed E-state index contributed by atoms with van der Waals surface area (Å²) in [5, 5.41) is 2.87. The number of hydrogen-bond acceptors (Lipinski definition) is 5. The van der Waals surface area contributed by atoms with Crippen molar-refractivity contribution in [1.29, 1.82) is 0 Å². The Labute approximate surface area is 188 Å². The van der Waals surface area contributed by atoms with Crippen LogP contribution < -0.4 is 24.6 Å². The summed E-state index contributed by atoms with van der Waals surface area (Å²) in [6, 6.07) is 12.4. The molecule has 1 saturated heterocycles. The monoisotopic (exact) mass is 462 g/mol. The molecule has 0 spiro atoms. The normalized spacial score (nSPS) is 20.3. The van der Waals surface area contributed by atoms with Crippen molar-refractivity contribution in [3.63, 3.8) is 0 Å². The van der Waals surface area contributed by atoms with Gasteiger partial charge in [0.25, 0.3) is 5.91 Å². The standard InChI is InChI=1S/C22H28N4O5S/c1-24(2)32(28,29)19-6-4-18(5-7-19)23-22(27)15-26-11-9-25(10-12-26)14-17-3-8-20-21(13-17)31-16-30-20/h3-8,13H,9-12,14-16H2,1-2H3,(H,23,27)/p+2. The molecule has 9 nitrogen and oxygen atoms in total. The number of carbonyl (C=O) groups is 1. The summed E-state index contributed by atoms with van der Waals surface area (Å²) < 4.78 is 36.3. The van der Waals surface area contributed by atoms with Crippen LogP contribution in [-0.4, -0.2) is 72.2 Å². The maximum atomic E-state index is 12.5. The third-order valence-electron chi connectivity index (χ3n) is 5.88. The van der Waals surface area contributed by atoms with Gasteiger partial charge in [-0.3, -0.25) is 4.79 Å². The number of nitrogens with one attached hydrogen (secondary N) is 3. The topological polar surface area (TPSA) is 93.8 Å². The van der Waals surface area contributed by atoms with Gasteiger partial charge in [-0.25, -0.2) is 12.7 Å². The number of rotatable bonds is 7. The number of hydrogen-bond donors (Lipinski definition) is 3. The number of nitrogens with zero attached hydrogens (tertiary/aromatic N) is 1. The predicted molar refractivity (Wildman–Crippen MR) is 118 cm³/mol. The van der Waals surface area contributed by atoms with E-state index in [2.05, 4.69) is 17.4 Å². The molecular weight excluding hydrogens is 432 g/mol. The van der Waals surface area contributed by atoms with Crippen LogP contribution in [0.1, 0.15) is 5.56 Å². The summed E-state index contributed by atoms with van der Waals surface area (Å²) in [7, 11) is -0.494. The fraction of sp³-hybridized carbons (Fsp3) is 0.409. The average molecular weight is 463 g/mol. The van der Waals surface area contributed by atoms with Gasteiger partial charge in [0.05, 0.1) is 4.90 Å². The highest BCUT2D eigenvalue weighted by atomic mass is 32.2. The highest BCUT2D eigenvalue weighted by Crippen LogP contribution is 2.32. The molecular formula is C22H30N4O5S+2. The van der Waals surface area contributed by atoms with Crippen LogP contribution >= 0.6 is 0 Å². The number of amides is 1. The molecule has 0 aliphatic carbocycles. The van der Waals surface area contributed by atoms with Gasteiger partial charge >= 0.3 is 0 Å². The lowest BCUT2D eigenvalue weighted by Crippen LogP contribution is -3.28. The van der Waals surface area contributed by atoms with Crippen molar-refractivity contribution >= 4 is 21.6 Å². The van der Waals surface area contributed by atoms with Crippen molar-refractivity contribution in [3.05, 3.63) is 48.0 Å². The van der Waals surface area contributed by atoms with Crippen molar-refractivity contribution in [2.75, 3.05) is 58.9 Å². The van der Waals surface area contributed by atoms with Crippen LogP contribution in [0.2, 0.25) is 0 Å². The average Bonchev–Trinajstić information content (AvgIpc) is 3.23. The molecule has 1 amide bonds. The summed E-state index contributed by atoms with van der Waals surface area (Å²) in [4.78, 5) is 15.4. The van der Waals surface area contributed by atoms with Gasteiger partial charge in [-0.15, -0.1) is 0 Å². The first-order valence-corrected chi connectivity index (χ1v) is 12.1. The zero-order valence-corrected chi connectivity index (χ0v) is 19.2. The Morgan fingerprint density at radius 3 is 2.31 bits per heavy atom. The molecule has 0 aromatic heterocycles. The SMILES string of the molecule is CN(C)S(=O)(=O)c1ccc(NC(=O)C[NH+]2CC[NH+](Cc3ccc4c(c3)OCO4)CC2)cc1. The van der Waals surface area contributed by atoms with E-state index in [9.17, 15) is 13.2 Å². The van der Waals surface area contributed by atoms with Crippen molar-refractivity contribution in [1.82, 2.24) is 4.31 Å². The Hall–Kier alpha value is -2.66. The van der Waals surface area contributed by atoms with Gasteiger partial charge < -0.3 is 24.6 Å². The van der Waals surface area contributed by atoms with E-state index in [0.29, 0.717) is 12.2 Å². The van der Waals surface area contributed by atoms with E-state index in [1.165, 1.54) is 41.6 Å². The lowest BCUT2D eigenvalue weighted by molar-refractivity contribution is -1.02. The smallest absolute Gasteiger partial charge is 0.279 e. The highest BCUT2D eigenvalue weighted by Gasteiger charge is 2.26. The van der Waals surface area contributed by atoms with E-state index in [0.717, 1.165) is 48.5 Å². The van der Waals surface area contributed by atoms with E-state index < -0.39 is 10.0 Å². The molecule has 2 aliphatic rings. The molecule has 3 N–H and O–H groups in total. The van der Waals surface area contributed by atoms with Gasteiger partial charge in [0.1, 0.15) is 32.7 Å². The minimum atomic E-state index is -3.47. The highest BCUT2D eigenvalue weighted by molar-refractivity contribution is 7.89. The molecule has 0 atom stereocenters. The van der Waals surface area contributed by atoms with Gasteiger partial charge in [0.2, 0.25) is 16.8 Å². The van der Waals surface area contributed by atoms with Crippen LogP contribution in [0.5, 0.6) is 11.5 Å². The Morgan fingerprint density at radius 1 is 0.969 bits per heavy atom. The van der Waals surface area contributed by atoms with Crippen LogP contribution in [0.3, 0.4) is 0 Å². The number of benzene rings is 2. The van der Waals surface area contributed by atoms with Crippen molar-refractivity contribution in [2.45, 2.75) is 11.4 Å². The van der Waals surface area contributed by atoms with Crippen molar-refractivity contribution < 1.29 is 32.5 Å². The first-order chi connectivity index (χ1) is 15.3. The molecule has 4 rings (SSSR count). The number of carbonyl (C=O) groups excluding carboxylic acids is 1. The number of sulfonamides is 1. The summed E-state index contributed by atoms with van der Waals surface area (Å²) in [6.45, 7) is 5.45. The first kappa shape index (κ1) is 22.5. The quantitative estimate of drug-likeness (QED) is 0.470. The van der Waals surface area contributed by atoms with Crippen LogP contribution in [0, 0.1) is 0 Å². The fourth-order valence-corrected chi connectivity index (χ4v) is 4.91. The summed E-state index contributed by atoms with van der Waals surface area (Å²) in [5.74, 6) is 1.55. The van der Waals surface area contributed by atoms with Crippen molar-refractivity contribution in [3.8, 4) is 11.5 Å². The summed E-state index contributed by atoms with van der Waals surface area (Å²) in [6.07, 6.45) is 0. The second-order valence-corrected chi connectivity index (χ2v) is 10.6. The number of quaternary nitrogens is 2. The van der Waals surface area contributed by atoms with Crippen LogP contribution in [-0.2, 0) is 21.4 Å². The van der Waals surface area contributed by atoms with Crippen LogP contribution in [0.15, 0.2) is 47.4 Å². The van der Waals surface area contributed by atoms with Gasteiger partial charge in [-0.05, 0) is 42.5 Å². The Bertz CT molecular complexity index is 1060. The molecule has 0 saturated carbocycles. The van der Waals surface area contributed by atoms with E-state index in [1.54, 1.807) is 12.1 Å². The fourth-order valence-electron chi connectivity index (χ4n) is 4.00. The third kappa shape index (κ3) is 5.21. The molecule has 0 bridgehead atoms. The first-order valence-electron chi connectivity index (χ1n) is 10.7. The molecule has 1 fully saturated rings. The molecule has 172 valence electrons. The van der Waals surface area contributed by atoms with E-state index >= 15 is 0 Å². The van der Waals surface area contributed by atoms with Gasteiger partial charge in [-0.2, -0.15) is 0 Å². The Balaban J connectivity index is 1.23. The van der Waals surface area contributed by atoms with Gasteiger partial charge in [0.15, 0.2) is 18.0 Å². The Morgan fingerprint density at radius 2 is 1.62 bits per heavy atom. The number of ether oxygens (including phenoxy) is 2. The maximum Gasteiger partial charge on any atom is 0.279 e. The summed E-state index contributed by atoms with van der Waals surface area (Å²) in [5.41, 5.74) is 1.82. The molecule has 2 aliphatic heterocycles. The van der Waals surface area contributed by atoms with Crippen LogP contribution in [0.4, 0.5) is 5.69 Å². The van der Waals surface area contributed by atoms with E-state index in [4.69, 9.17) is 9.47 Å². The number of anilines is 1. The molecule has 0 unspecified atom stereocenters. The number of piperazine rings is 1. The molecule has 2 heterocycles. The predicted octanol–water partition coefficient (Wildman–Crippen LogP) is -1.41. The number of fused-ring (bicyclic) bond motifs is 1. The molecule has 32 heavy (non-hydrogen) atoms. The van der Waals surface area contributed by atoms with E-state index in [1.807, 2.05) is 6.07 Å². The minimum absolute atomic E-state index is 0.0672. The molecule has 10 heteroatoms. The Kier molecular flexibility index (Phi) is 6.66. The van der Waals surface area contributed by atoms with Crippen molar-refractivity contribution in [2.24, 2.45) is 0 Å². The maximum absolute atomic E-state index is 12.5. The molecule has 2 aromatic rings. The van der Waals surface area contributed by atoms with Gasteiger partial charge in [0, 0.05) is 25.3 Å². The zero-order chi connectivity index (χ0) is 22.7. The summed E-state index contributed by atoms with van der Waals surface area (Å²) >= 11 is 0. The van der Waals surface area contributed by atoms with Crippen LogP contribution in [0.25, 0.3) is 0 Å². The minimum Gasteiger partial charge on any atom is -0.454 e. The lowest BCUT2D eigenvalue weighted by Gasteiger charge is -2.29. The second-order valence-electron chi connectivity index (χ2n) is 8.40. The van der Waals surface area contributed by atoms with E-state index in [-0.39, 0.29) is 17.6 Å². The van der Waals surface area contributed by atoms with Gasteiger partial charge in [-0.1, -0.05) is 0 Å². The lowest BCUT2D eigenvalue weighted by atomic mass is 10.1. The molecule has 2 aromatic carbocycles.